The Balaban J connectivity index is 2.33. The minimum absolute atomic E-state index is 0.0843. The predicted octanol–water partition coefficient (Wildman–Crippen LogP) is 3.01. The third-order valence-electron chi connectivity index (χ3n) is 3.06. The van der Waals surface area contributed by atoms with Crippen LogP contribution in [0.15, 0.2) is 28.8 Å². The van der Waals surface area contributed by atoms with E-state index in [9.17, 15) is 0 Å². The van der Waals surface area contributed by atoms with Gasteiger partial charge in [-0.1, -0.05) is 25.9 Å². The molecule has 2 N–H and O–H groups in total. The van der Waals surface area contributed by atoms with Crippen molar-refractivity contribution in [1.82, 2.24) is 10.1 Å². The third kappa shape index (κ3) is 2.30. The molecule has 4 nitrogen and oxygen atoms in total. The number of benzene rings is 1. The monoisotopic (exact) mass is 231 g/mol. The molecule has 0 spiro atoms. The number of aromatic nitrogens is 2. The Morgan fingerprint density at radius 2 is 1.88 bits per heavy atom. The van der Waals surface area contributed by atoms with Gasteiger partial charge in [-0.2, -0.15) is 4.98 Å². The lowest BCUT2D eigenvalue weighted by Crippen LogP contribution is -2.15. The van der Waals surface area contributed by atoms with Gasteiger partial charge in [-0.05, 0) is 30.7 Å². The fraction of sp³-hybridized carbons (Fsp3) is 0.385. The molecular formula is C13H17N3O. The molecule has 0 saturated heterocycles. The van der Waals surface area contributed by atoms with E-state index in [-0.39, 0.29) is 5.41 Å². The number of hydrogen-bond donors (Lipinski definition) is 1. The van der Waals surface area contributed by atoms with E-state index < -0.39 is 0 Å². The van der Waals surface area contributed by atoms with Gasteiger partial charge in [-0.15, -0.1) is 0 Å². The first-order valence-corrected chi connectivity index (χ1v) is 5.73. The third-order valence-corrected chi connectivity index (χ3v) is 3.06. The molecule has 90 valence electrons. The van der Waals surface area contributed by atoms with Crippen molar-refractivity contribution in [2.24, 2.45) is 0 Å². The lowest BCUT2D eigenvalue weighted by molar-refractivity contribution is 0.302. The Morgan fingerprint density at radius 1 is 1.24 bits per heavy atom. The number of hydrogen-bond acceptors (Lipinski definition) is 4. The van der Waals surface area contributed by atoms with Crippen molar-refractivity contribution in [1.29, 1.82) is 0 Å². The zero-order chi connectivity index (χ0) is 12.5. The second-order valence-electron chi connectivity index (χ2n) is 4.78. The van der Waals surface area contributed by atoms with Crippen LogP contribution in [-0.4, -0.2) is 10.1 Å². The highest BCUT2D eigenvalue weighted by molar-refractivity contribution is 5.58. The van der Waals surface area contributed by atoms with Crippen molar-refractivity contribution in [2.75, 3.05) is 5.73 Å². The van der Waals surface area contributed by atoms with Gasteiger partial charge in [-0.25, -0.2) is 0 Å². The van der Waals surface area contributed by atoms with E-state index in [1.54, 1.807) is 0 Å². The largest absolute Gasteiger partial charge is 0.399 e. The number of rotatable bonds is 3. The van der Waals surface area contributed by atoms with Gasteiger partial charge in [0.2, 0.25) is 11.7 Å². The summed E-state index contributed by atoms with van der Waals surface area (Å²) in [6, 6.07) is 7.44. The van der Waals surface area contributed by atoms with Crippen molar-refractivity contribution >= 4 is 5.69 Å². The normalized spacial score (nSPS) is 11.7. The van der Waals surface area contributed by atoms with Crippen LogP contribution in [0.2, 0.25) is 0 Å². The Morgan fingerprint density at radius 3 is 2.47 bits per heavy atom. The van der Waals surface area contributed by atoms with E-state index >= 15 is 0 Å². The summed E-state index contributed by atoms with van der Waals surface area (Å²) in [5.41, 5.74) is 7.20. The zero-order valence-electron chi connectivity index (χ0n) is 10.4. The molecule has 2 aromatic rings. The fourth-order valence-corrected chi connectivity index (χ4v) is 1.40. The van der Waals surface area contributed by atoms with Crippen molar-refractivity contribution in [2.45, 2.75) is 32.6 Å². The summed E-state index contributed by atoms with van der Waals surface area (Å²) in [4.78, 5) is 4.43. The van der Waals surface area contributed by atoms with Gasteiger partial charge in [0.05, 0.1) is 0 Å². The van der Waals surface area contributed by atoms with Crippen molar-refractivity contribution in [3.05, 3.63) is 30.2 Å². The second-order valence-corrected chi connectivity index (χ2v) is 4.78. The highest BCUT2D eigenvalue weighted by Crippen LogP contribution is 2.27. The van der Waals surface area contributed by atoms with Gasteiger partial charge < -0.3 is 10.3 Å². The average molecular weight is 231 g/mol. The van der Waals surface area contributed by atoms with Crippen LogP contribution in [0.25, 0.3) is 11.4 Å². The number of nitrogens with zero attached hydrogens (tertiary/aromatic N) is 2. The van der Waals surface area contributed by atoms with E-state index in [2.05, 4.69) is 30.9 Å². The van der Waals surface area contributed by atoms with Crippen LogP contribution < -0.4 is 5.73 Å². The molecule has 1 aromatic heterocycles. The van der Waals surface area contributed by atoms with Gasteiger partial charge >= 0.3 is 0 Å². The molecule has 0 fully saturated rings. The highest BCUT2D eigenvalue weighted by atomic mass is 16.5. The molecule has 0 saturated carbocycles. The minimum Gasteiger partial charge on any atom is -0.399 e. The second kappa shape index (κ2) is 4.20. The van der Waals surface area contributed by atoms with Crippen molar-refractivity contribution < 1.29 is 4.52 Å². The molecule has 0 aliphatic carbocycles. The molecule has 1 heterocycles. The Hall–Kier alpha value is -1.84. The van der Waals surface area contributed by atoms with Gasteiger partial charge in [0.1, 0.15) is 0 Å². The summed E-state index contributed by atoms with van der Waals surface area (Å²) in [5, 5.41) is 4.00. The lowest BCUT2D eigenvalue weighted by atomic mass is 9.90. The molecule has 17 heavy (non-hydrogen) atoms. The van der Waals surface area contributed by atoms with Crippen LogP contribution in [0.5, 0.6) is 0 Å². The zero-order valence-corrected chi connectivity index (χ0v) is 10.4. The average Bonchev–Trinajstić information content (AvgIpc) is 2.80. The first-order chi connectivity index (χ1) is 8.03. The maximum atomic E-state index is 5.64. The first-order valence-electron chi connectivity index (χ1n) is 5.73. The fourth-order valence-electron chi connectivity index (χ4n) is 1.40. The van der Waals surface area contributed by atoms with Crippen LogP contribution in [0.3, 0.4) is 0 Å². The summed E-state index contributed by atoms with van der Waals surface area (Å²) in [6.45, 7) is 6.29. The van der Waals surface area contributed by atoms with Gasteiger partial charge in [0.15, 0.2) is 0 Å². The van der Waals surface area contributed by atoms with Crippen LogP contribution in [0.1, 0.15) is 33.1 Å². The Bertz CT molecular complexity index is 500. The van der Waals surface area contributed by atoms with Crippen molar-refractivity contribution in [3.63, 3.8) is 0 Å². The molecule has 0 radical (unpaired) electrons. The molecule has 4 heteroatoms. The van der Waals surface area contributed by atoms with Gasteiger partial charge in [-0.3, -0.25) is 0 Å². The molecule has 0 unspecified atom stereocenters. The van der Waals surface area contributed by atoms with E-state index in [0.717, 1.165) is 17.7 Å². The van der Waals surface area contributed by atoms with Crippen LogP contribution >= 0.6 is 0 Å². The molecule has 0 aliphatic heterocycles. The van der Waals surface area contributed by atoms with E-state index in [0.29, 0.717) is 11.7 Å². The van der Waals surface area contributed by atoms with E-state index in [1.807, 2.05) is 24.3 Å². The Labute approximate surface area is 101 Å². The molecular weight excluding hydrogens is 214 g/mol. The maximum Gasteiger partial charge on any atom is 0.232 e. The molecule has 0 bridgehead atoms. The summed E-state index contributed by atoms with van der Waals surface area (Å²) in [6.07, 6.45) is 0.955. The summed E-state index contributed by atoms with van der Waals surface area (Å²) in [7, 11) is 0. The summed E-state index contributed by atoms with van der Waals surface area (Å²) in [5.74, 6) is 1.29. The summed E-state index contributed by atoms with van der Waals surface area (Å²) >= 11 is 0. The van der Waals surface area contributed by atoms with E-state index in [4.69, 9.17) is 10.3 Å². The highest BCUT2D eigenvalue weighted by Gasteiger charge is 2.25. The molecule has 0 atom stereocenters. The molecule has 2 rings (SSSR count). The smallest absolute Gasteiger partial charge is 0.232 e. The van der Waals surface area contributed by atoms with Gasteiger partial charge in [0.25, 0.3) is 0 Å². The number of nitrogen functional groups attached to an aromatic ring is 1. The molecule has 0 amide bonds. The topological polar surface area (TPSA) is 64.9 Å². The maximum absolute atomic E-state index is 5.64. The minimum atomic E-state index is -0.0843. The SMILES string of the molecule is CCC(C)(C)c1nc(-c2ccc(N)cc2)no1. The summed E-state index contributed by atoms with van der Waals surface area (Å²) < 4.78 is 5.31. The molecule has 1 aromatic carbocycles. The van der Waals surface area contributed by atoms with Crippen LogP contribution in [0, 0.1) is 0 Å². The quantitative estimate of drug-likeness (QED) is 0.825. The Kier molecular flexibility index (Phi) is 2.88. The number of nitrogens with two attached hydrogens (primary N) is 1. The van der Waals surface area contributed by atoms with Crippen LogP contribution in [-0.2, 0) is 5.41 Å². The number of anilines is 1. The van der Waals surface area contributed by atoms with E-state index in [1.165, 1.54) is 0 Å². The molecule has 0 aliphatic rings. The predicted molar refractivity (Wildman–Crippen MR) is 67.5 cm³/mol. The first kappa shape index (κ1) is 11.6. The van der Waals surface area contributed by atoms with Gasteiger partial charge in [0, 0.05) is 16.7 Å². The van der Waals surface area contributed by atoms with Crippen molar-refractivity contribution in [3.8, 4) is 11.4 Å². The van der Waals surface area contributed by atoms with Crippen LogP contribution in [0.4, 0.5) is 5.69 Å². The lowest BCUT2D eigenvalue weighted by Gasteiger charge is -2.15. The standard InChI is InChI=1S/C13H17N3O/c1-4-13(2,3)12-15-11(16-17-12)9-5-7-10(14)8-6-9/h5-8H,4,14H2,1-3H3.